The Hall–Kier alpha value is -3.66. The molecule has 4 heteroatoms. The Kier molecular flexibility index (Phi) is 4.89. The number of pyridine rings is 1. The third-order valence-electron chi connectivity index (χ3n) is 5.71. The largest absolute Gasteiger partial charge is 0.353 e. The highest BCUT2D eigenvalue weighted by atomic mass is 16.2. The minimum Gasteiger partial charge on any atom is -0.353 e. The number of hydrogen-bond donors (Lipinski definition) is 0. The average Bonchev–Trinajstić information content (AvgIpc) is 2.84. The molecule has 1 fully saturated rings. The van der Waals surface area contributed by atoms with Crippen LogP contribution in [0.15, 0.2) is 91.0 Å². The second-order valence-corrected chi connectivity index (χ2v) is 7.58. The number of piperazine rings is 1. The van der Waals surface area contributed by atoms with Crippen molar-refractivity contribution in [3.63, 3.8) is 0 Å². The lowest BCUT2D eigenvalue weighted by molar-refractivity contribution is 0.0746. The molecule has 4 nitrogen and oxygen atoms in total. The molecule has 0 aliphatic carbocycles. The van der Waals surface area contributed by atoms with E-state index in [2.05, 4.69) is 35.2 Å². The van der Waals surface area contributed by atoms with E-state index >= 15 is 0 Å². The molecule has 0 saturated carbocycles. The predicted molar refractivity (Wildman–Crippen MR) is 122 cm³/mol. The van der Waals surface area contributed by atoms with Crippen LogP contribution in [-0.4, -0.2) is 42.0 Å². The summed E-state index contributed by atoms with van der Waals surface area (Å²) in [5, 5.41) is 1.15. The van der Waals surface area contributed by atoms with Crippen molar-refractivity contribution in [1.82, 2.24) is 9.88 Å². The molecule has 1 aromatic heterocycles. The number of fused-ring (bicyclic) bond motifs is 1. The molecule has 30 heavy (non-hydrogen) atoms. The second-order valence-electron chi connectivity index (χ2n) is 7.58. The predicted octanol–water partition coefficient (Wildman–Crippen LogP) is 4.86. The fourth-order valence-electron chi connectivity index (χ4n) is 3.99. The summed E-state index contributed by atoms with van der Waals surface area (Å²) in [6, 6.07) is 30.5. The average molecular weight is 393 g/mol. The minimum absolute atomic E-state index is 0.0979. The topological polar surface area (TPSA) is 36.4 Å². The molecule has 0 bridgehead atoms. The number of carbonyl (C=O) groups excluding carboxylic acids is 1. The summed E-state index contributed by atoms with van der Waals surface area (Å²) in [4.78, 5) is 21.9. The fraction of sp³-hybridized carbons (Fsp3) is 0.154. The molecule has 0 N–H and O–H groups in total. The summed E-state index contributed by atoms with van der Waals surface area (Å²) in [5.74, 6) is 1.08. The van der Waals surface area contributed by atoms with Gasteiger partial charge in [-0.2, -0.15) is 0 Å². The van der Waals surface area contributed by atoms with E-state index in [1.807, 2.05) is 65.6 Å². The van der Waals surface area contributed by atoms with Gasteiger partial charge in [-0.25, -0.2) is 4.98 Å². The van der Waals surface area contributed by atoms with E-state index in [0.717, 1.165) is 46.5 Å². The Morgan fingerprint density at radius 1 is 0.667 bits per heavy atom. The van der Waals surface area contributed by atoms with Crippen LogP contribution in [0.4, 0.5) is 5.82 Å². The summed E-state index contributed by atoms with van der Waals surface area (Å²) >= 11 is 0. The van der Waals surface area contributed by atoms with Crippen LogP contribution >= 0.6 is 0 Å². The van der Waals surface area contributed by atoms with Crippen LogP contribution in [0.25, 0.3) is 22.0 Å². The maximum absolute atomic E-state index is 13.0. The molecule has 0 atom stereocenters. The van der Waals surface area contributed by atoms with Crippen molar-refractivity contribution in [3.8, 4) is 11.1 Å². The van der Waals surface area contributed by atoms with Crippen molar-refractivity contribution in [2.75, 3.05) is 31.1 Å². The van der Waals surface area contributed by atoms with Crippen molar-refractivity contribution < 1.29 is 4.79 Å². The Morgan fingerprint density at radius 3 is 2.10 bits per heavy atom. The lowest BCUT2D eigenvalue weighted by Crippen LogP contribution is -2.49. The van der Waals surface area contributed by atoms with Crippen LogP contribution in [0.2, 0.25) is 0 Å². The number of hydrogen-bond acceptors (Lipinski definition) is 3. The van der Waals surface area contributed by atoms with Crippen LogP contribution in [0.3, 0.4) is 0 Å². The van der Waals surface area contributed by atoms with E-state index in [0.29, 0.717) is 13.1 Å². The molecule has 0 unspecified atom stereocenters. The third-order valence-corrected chi connectivity index (χ3v) is 5.71. The van der Waals surface area contributed by atoms with Crippen molar-refractivity contribution >= 4 is 22.6 Å². The molecule has 0 spiro atoms. The van der Waals surface area contributed by atoms with Gasteiger partial charge >= 0.3 is 0 Å². The molecule has 1 saturated heterocycles. The van der Waals surface area contributed by atoms with E-state index < -0.39 is 0 Å². The minimum atomic E-state index is 0.0979. The number of rotatable bonds is 3. The van der Waals surface area contributed by atoms with E-state index in [-0.39, 0.29) is 5.91 Å². The number of anilines is 1. The standard InChI is InChI=1S/C26H23N3O/c30-26(23-12-10-21(11-13-23)20-6-2-1-3-7-20)29-18-16-28(17-19-29)25-15-14-22-8-4-5-9-24(22)27-25/h1-15H,16-19H2. The molecule has 5 rings (SSSR count). The smallest absolute Gasteiger partial charge is 0.253 e. The first-order valence-corrected chi connectivity index (χ1v) is 10.3. The zero-order valence-corrected chi connectivity index (χ0v) is 16.7. The van der Waals surface area contributed by atoms with Crippen LogP contribution < -0.4 is 4.90 Å². The van der Waals surface area contributed by atoms with E-state index in [1.165, 1.54) is 0 Å². The van der Waals surface area contributed by atoms with Gasteiger partial charge in [-0.1, -0.05) is 60.7 Å². The SMILES string of the molecule is O=C(c1ccc(-c2ccccc2)cc1)N1CCN(c2ccc3ccccc3n2)CC1. The normalized spacial score (nSPS) is 14.1. The summed E-state index contributed by atoms with van der Waals surface area (Å²) < 4.78 is 0. The molecule has 4 aromatic rings. The van der Waals surface area contributed by atoms with Crippen molar-refractivity contribution in [2.45, 2.75) is 0 Å². The summed E-state index contributed by atoms with van der Waals surface area (Å²) in [5.41, 5.74) is 4.03. The molecule has 0 radical (unpaired) electrons. The zero-order valence-electron chi connectivity index (χ0n) is 16.7. The van der Waals surface area contributed by atoms with Gasteiger partial charge in [0.05, 0.1) is 5.52 Å². The molecule has 2 heterocycles. The van der Waals surface area contributed by atoms with Crippen molar-refractivity contribution in [1.29, 1.82) is 0 Å². The van der Waals surface area contributed by atoms with Gasteiger partial charge < -0.3 is 9.80 Å². The molecule has 1 amide bonds. The summed E-state index contributed by atoms with van der Waals surface area (Å²) in [6.45, 7) is 2.99. The first kappa shape index (κ1) is 18.4. The Labute approximate surface area is 176 Å². The van der Waals surface area contributed by atoms with Crippen LogP contribution in [-0.2, 0) is 0 Å². The van der Waals surface area contributed by atoms with Crippen LogP contribution in [0, 0.1) is 0 Å². The number of carbonyl (C=O) groups is 1. The van der Waals surface area contributed by atoms with Gasteiger partial charge in [0.1, 0.15) is 5.82 Å². The third kappa shape index (κ3) is 3.64. The monoisotopic (exact) mass is 393 g/mol. The van der Waals surface area contributed by atoms with Gasteiger partial charge in [0.25, 0.3) is 5.91 Å². The first-order chi connectivity index (χ1) is 14.8. The van der Waals surface area contributed by atoms with Crippen molar-refractivity contribution in [3.05, 3.63) is 96.6 Å². The Bertz CT molecular complexity index is 1160. The first-order valence-electron chi connectivity index (χ1n) is 10.3. The Morgan fingerprint density at radius 2 is 1.33 bits per heavy atom. The number of nitrogens with zero attached hydrogens (tertiary/aromatic N) is 3. The highest BCUT2D eigenvalue weighted by Gasteiger charge is 2.23. The number of aromatic nitrogens is 1. The molecule has 1 aliphatic heterocycles. The summed E-state index contributed by atoms with van der Waals surface area (Å²) in [7, 11) is 0. The fourth-order valence-corrected chi connectivity index (χ4v) is 3.99. The molecular formula is C26H23N3O. The van der Waals surface area contributed by atoms with E-state index in [1.54, 1.807) is 0 Å². The Balaban J connectivity index is 1.25. The van der Waals surface area contributed by atoms with E-state index in [4.69, 9.17) is 4.98 Å². The summed E-state index contributed by atoms with van der Waals surface area (Å²) in [6.07, 6.45) is 0. The van der Waals surface area contributed by atoms with Gasteiger partial charge in [-0.3, -0.25) is 4.79 Å². The molecule has 148 valence electrons. The maximum Gasteiger partial charge on any atom is 0.253 e. The number of amides is 1. The van der Waals surface area contributed by atoms with Crippen molar-refractivity contribution in [2.24, 2.45) is 0 Å². The van der Waals surface area contributed by atoms with Crippen LogP contribution in [0.1, 0.15) is 10.4 Å². The highest BCUT2D eigenvalue weighted by molar-refractivity contribution is 5.95. The van der Waals surface area contributed by atoms with Gasteiger partial charge in [-0.15, -0.1) is 0 Å². The number of benzene rings is 3. The maximum atomic E-state index is 13.0. The lowest BCUT2D eigenvalue weighted by Gasteiger charge is -2.35. The van der Waals surface area contributed by atoms with E-state index in [9.17, 15) is 4.79 Å². The van der Waals surface area contributed by atoms with Crippen LogP contribution in [0.5, 0.6) is 0 Å². The van der Waals surface area contributed by atoms with Gasteiger partial charge in [0.2, 0.25) is 0 Å². The lowest BCUT2D eigenvalue weighted by atomic mass is 10.0. The van der Waals surface area contributed by atoms with Gasteiger partial charge in [-0.05, 0) is 41.5 Å². The zero-order chi connectivity index (χ0) is 20.3. The van der Waals surface area contributed by atoms with Gasteiger partial charge in [0, 0.05) is 37.1 Å². The molecule has 3 aromatic carbocycles. The number of para-hydroxylation sites is 1. The molecule has 1 aliphatic rings. The molecular weight excluding hydrogens is 370 g/mol. The highest BCUT2D eigenvalue weighted by Crippen LogP contribution is 2.22. The second kappa shape index (κ2) is 7.99. The van der Waals surface area contributed by atoms with Gasteiger partial charge in [0.15, 0.2) is 0 Å². The quantitative estimate of drug-likeness (QED) is 0.499.